The van der Waals surface area contributed by atoms with Crippen LogP contribution in [0.2, 0.25) is 0 Å². The number of likely N-dealkylation sites (N-methyl/N-ethyl adjacent to an activating group) is 1. The van der Waals surface area contributed by atoms with Crippen LogP contribution in [0.1, 0.15) is 26.8 Å². The molecule has 6 nitrogen and oxygen atoms in total. The third kappa shape index (κ3) is 2.78. The lowest BCUT2D eigenvalue weighted by molar-refractivity contribution is -0.133. The predicted octanol–water partition coefficient (Wildman–Crippen LogP) is 2.53. The van der Waals surface area contributed by atoms with E-state index in [2.05, 4.69) is 9.97 Å². The van der Waals surface area contributed by atoms with Crippen molar-refractivity contribution in [2.75, 3.05) is 20.2 Å². The molecule has 0 aliphatic rings. The molecule has 0 aromatic carbocycles. The molecule has 2 heterocycles. The highest BCUT2D eigenvalue weighted by molar-refractivity contribution is 7.71. The molecule has 114 valence electrons. The van der Waals surface area contributed by atoms with E-state index in [9.17, 15) is 4.79 Å². The summed E-state index contributed by atoms with van der Waals surface area (Å²) in [4.78, 5) is 21.8. The van der Waals surface area contributed by atoms with Crippen LogP contribution in [0.3, 0.4) is 0 Å². The Labute approximate surface area is 128 Å². The average molecular weight is 308 g/mol. The van der Waals surface area contributed by atoms with Gasteiger partial charge in [0.25, 0.3) is 0 Å². The van der Waals surface area contributed by atoms with Gasteiger partial charge in [0.2, 0.25) is 11.8 Å². The zero-order valence-corrected chi connectivity index (χ0v) is 13.5. The first kappa shape index (κ1) is 15.5. The van der Waals surface area contributed by atoms with Gasteiger partial charge in [0, 0.05) is 19.2 Å². The summed E-state index contributed by atoms with van der Waals surface area (Å²) in [6.07, 6.45) is 0. The monoisotopic (exact) mass is 308 g/mol. The molecule has 2 rings (SSSR count). The van der Waals surface area contributed by atoms with E-state index in [1.54, 1.807) is 22.6 Å². The van der Waals surface area contributed by atoms with E-state index >= 15 is 0 Å². The van der Waals surface area contributed by atoms with Crippen molar-refractivity contribution in [3.63, 3.8) is 0 Å². The zero-order chi connectivity index (χ0) is 15.6. The first-order chi connectivity index (χ1) is 10.0. The molecular weight excluding hydrogens is 288 g/mol. The third-order valence-electron chi connectivity index (χ3n) is 3.57. The fourth-order valence-corrected chi connectivity index (χ4v) is 2.72. The molecule has 0 aliphatic carbocycles. The lowest BCUT2D eigenvalue weighted by Crippen LogP contribution is -2.36. The molecule has 0 bridgehead atoms. The number of hydrogen-bond donors (Lipinski definition) is 1. The quantitative estimate of drug-likeness (QED) is 0.862. The number of aromatic amines is 1. The number of aromatic nitrogens is 3. The number of fused-ring (bicyclic) bond motifs is 1. The van der Waals surface area contributed by atoms with Gasteiger partial charge in [-0.05, 0) is 39.1 Å². The van der Waals surface area contributed by atoms with Crippen LogP contribution in [0, 0.1) is 4.77 Å². The van der Waals surface area contributed by atoms with Crippen molar-refractivity contribution in [2.24, 2.45) is 0 Å². The zero-order valence-electron chi connectivity index (χ0n) is 12.7. The number of methoxy groups -OCH3 is 1. The van der Waals surface area contributed by atoms with Gasteiger partial charge in [-0.1, -0.05) is 0 Å². The summed E-state index contributed by atoms with van der Waals surface area (Å²) in [5.74, 6) is 0.523. The molecule has 0 saturated carbocycles. The molecule has 1 N–H and O–H groups in total. The van der Waals surface area contributed by atoms with E-state index in [-0.39, 0.29) is 5.91 Å². The molecule has 2 aromatic rings. The molecule has 1 unspecified atom stereocenters. The van der Waals surface area contributed by atoms with Gasteiger partial charge < -0.3 is 14.6 Å². The van der Waals surface area contributed by atoms with Crippen LogP contribution >= 0.6 is 12.2 Å². The summed E-state index contributed by atoms with van der Waals surface area (Å²) in [5, 5.41) is 0. The van der Waals surface area contributed by atoms with Crippen LogP contribution < -0.4 is 4.74 Å². The average Bonchev–Trinajstić information content (AvgIpc) is 2.82. The number of nitrogens with one attached hydrogen (secondary N) is 1. The Bertz CT molecular complexity index is 703. The molecule has 1 amide bonds. The predicted molar refractivity (Wildman–Crippen MR) is 84.1 cm³/mol. The Kier molecular flexibility index (Phi) is 4.62. The minimum Gasteiger partial charge on any atom is -0.481 e. The smallest absolute Gasteiger partial charge is 0.245 e. The van der Waals surface area contributed by atoms with Crippen LogP contribution in [-0.4, -0.2) is 45.5 Å². The third-order valence-corrected chi connectivity index (χ3v) is 3.87. The Morgan fingerprint density at radius 3 is 2.71 bits per heavy atom. The molecule has 21 heavy (non-hydrogen) atoms. The summed E-state index contributed by atoms with van der Waals surface area (Å²) >= 11 is 5.34. The Morgan fingerprint density at radius 1 is 1.48 bits per heavy atom. The fourth-order valence-electron chi connectivity index (χ4n) is 2.37. The van der Waals surface area contributed by atoms with Gasteiger partial charge in [-0.25, -0.2) is 0 Å². The van der Waals surface area contributed by atoms with Gasteiger partial charge in [-0.15, -0.1) is 0 Å². The standard InChI is InChI=1S/C14H20N4O2S/c1-5-17(6-2)13(19)9(3)18-12-10(15-14(18)21)7-8-11(16-12)20-4/h7-9H,5-6H2,1-4H3,(H,15,21). The van der Waals surface area contributed by atoms with Crippen LogP contribution in [0.5, 0.6) is 5.88 Å². The molecular formula is C14H20N4O2S. The van der Waals surface area contributed by atoms with Crippen LogP contribution in [0.25, 0.3) is 11.2 Å². The SMILES string of the molecule is CCN(CC)C(=O)C(C)n1c(=S)[nH]c2ccc(OC)nc21. The number of rotatable bonds is 5. The van der Waals surface area contributed by atoms with Crippen molar-refractivity contribution in [3.05, 3.63) is 16.9 Å². The summed E-state index contributed by atoms with van der Waals surface area (Å²) in [5.41, 5.74) is 1.42. The van der Waals surface area contributed by atoms with Gasteiger partial charge in [0.1, 0.15) is 6.04 Å². The molecule has 2 aromatic heterocycles. The highest BCUT2D eigenvalue weighted by Gasteiger charge is 2.23. The first-order valence-electron chi connectivity index (χ1n) is 6.97. The number of H-pyrrole nitrogens is 1. The van der Waals surface area contributed by atoms with E-state index < -0.39 is 6.04 Å². The highest BCUT2D eigenvalue weighted by Crippen LogP contribution is 2.21. The summed E-state index contributed by atoms with van der Waals surface area (Å²) in [6, 6.07) is 3.20. The van der Waals surface area contributed by atoms with E-state index in [1.807, 2.05) is 26.8 Å². The van der Waals surface area contributed by atoms with E-state index in [0.717, 1.165) is 5.52 Å². The Morgan fingerprint density at radius 2 is 2.14 bits per heavy atom. The maximum atomic E-state index is 12.5. The molecule has 0 saturated heterocycles. The number of ether oxygens (including phenoxy) is 1. The van der Waals surface area contributed by atoms with E-state index in [4.69, 9.17) is 17.0 Å². The Hall–Kier alpha value is -1.89. The molecule has 0 fully saturated rings. The van der Waals surface area contributed by atoms with Gasteiger partial charge in [-0.2, -0.15) is 4.98 Å². The number of pyridine rings is 1. The maximum absolute atomic E-state index is 12.5. The summed E-state index contributed by atoms with van der Waals surface area (Å²) in [7, 11) is 1.56. The molecule has 0 aliphatic heterocycles. The second-order valence-electron chi connectivity index (χ2n) is 4.71. The lowest BCUT2D eigenvalue weighted by atomic mass is 10.2. The van der Waals surface area contributed by atoms with Crippen LogP contribution in [0.15, 0.2) is 12.1 Å². The van der Waals surface area contributed by atoms with Crippen molar-refractivity contribution in [2.45, 2.75) is 26.8 Å². The number of carbonyl (C=O) groups excluding carboxylic acids is 1. The summed E-state index contributed by atoms with van der Waals surface area (Å²) < 4.78 is 7.38. The maximum Gasteiger partial charge on any atom is 0.245 e. The van der Waals surface area contributed by atoms with Crippen molar-refractivity contribution in [1.82, 2.24) is 19.4 Å². The number of carbonyl (C=O) groups is 1. The molecule has 7 heteroatoms. The molecule has 1 atom stereocenters. The van der Waals surface area contributed by atoms with Gasteiger partial charge >= 0.3 is 0 Å². The van der Waals surface area contributed by atoms with Crippen molar-refractivity contribution < 1.29 is 9.53 Å². The minimum atomic E-state index is -0.411. The summed E-state index contributed by atoms with van der Waals surface area (Å²) in [6.45, 7) is 7.11. The molecule has 0 radical (unpaired) electrons. The van der Waals surface area contributed by atoms with Gasteiger partial charge in [0.15, 0.2) is 10.4 Å². The normalized spacial score (nSPS) is 12.4. The van der Waals surface area contributed by atoms with Gasteiger partial charge in [-0.3, -0.25) is 9.36 Å². The number of amides is 1. The topological polar surface area (TPSA) is 63.2 Å². The fraction of sp³-hybridized carbons (Fsp3) is 0.500. The van der Waals surface area contributed by atoms with Crippen LogP contribution in [0.4, 0.5) is 0 Å². The largest absolute Gasteiger partial charge is 0.481 e. The lowest BCUT2D eigenvalue weighted by Gasteiger charge is -2.23. The van der Waals surface area contributed by atoms with Crippen molar-refractivity contribution >= 4 is 29.3 Å². The van der Waals surface area contributed by atoms with Gasteiger partial charge in [0.05, 0.1) is 12.6 Å². The first-order valence-corrected chi connectivity index (χ1v) is 7.38. The van der Waals surface area contributed by atoms with E-state index in [1.165, 1.54) is 0 Å². The minimum absolute atomic E-state index is 0.0293. The van der Waals surface area contributed by atoms with Crippen molar-refractivity contribution in [1.29, 1.82) is 0 Å². The number of nitrogens with zero attached hydrogens (tertiary/aromatic N) is 3. The van der Waals surface area contributed by atoms with Crippen LogP contribution in [-0.2, 0) is 4.79 Å². The highest BCUT2D eigenvalue weighted by atomic mass is 32.1. The number of hydrogen-bond acceptors (Lipinski definition) is 4. The van der Waals surface area contributed by atoms with Crippen molar-refractivity contribution in [3.8, 4) is 5.88 Å². The second-order valence-corrected chi connectivity index (χ2v) is 5.10. The number of imidazole rings is 1. The second kappa shape index (κ2) is 6.26. The Balaban J connectivity index is 2.52. The molecule has 0 spiro atoms. The van der Waals surface area contributed by atoms with E-state index in [0.29, 0.717) is 29.4 Å².